The fraction of sp³-hybridized carbons (Fsp3) is 0.800. The number of rotatable bonds is 6. The molecule has 0 saturated carbocycles. The molecule has 0 aromatic carbocycles. The lowest BCUT2D eigenvalue weighted by Crippen LogP contribution is -2.29. The van der Waals surface area contributed by atoms with E-state index in [0.717, 1.165) is 5.82 Å². The molecule has 8 heteroatoms. The maximum atomic E-state index is 11.4. The highest BCUT2D eigenvalue weighted by molar-refractivity contribution is 7.89. The molecule has 0 aliphatic rings. The third-order valence-corrected chi connectivity index (χ3v) is 4.25. The van der Waals surface area contributed by atoms with Gasteiger partial charge in [-0.05, 0) is 0 Å². The number of sulfonamides is 1. The van der Waals surface area contributed by atoms with Crippen molar-refractivity contribution in [2.75, 3.05) is 24.2 Å². The summed E-state index contributed by atoms with van der Waals surface area (Å²) in [5.41, 5.74) is -0.0910. The zero-order chi connectivity index (χ0) is 13.8. The Morgan fingerprint density at radius 1 is 1.33 bits per heavy atom. The number of hydrogen-bond acceptors (Lipinski definition) is 6. The zero-order valence-corrected chi connectivity index (χ0v) is 12.8. The monoisotopic (exact) mass is 292 g/mol. The first-order valence-electron chi connectivity index (χ1n) is 5.80. The second-order valence-corrected chi connectivity index (χ2v) is 7.59. The molecule has 1 aromatic heterocycles. The highest BCUT2D eigenvalue weighted by atomic mass is 32.2. The summed E-state index contributed by atoms with van der Waals surface area (Å²) in [7, 11) is -3.18. The van der Waals surface area contributed by atoms with Crippen molar-refractivity contribution in [3.8, 4) is 0 Å². The van der Waals surface area contributed by atoms with Crippen molar-refractivity contribution in [2.24, 2.45) is 0 Å². The minimum Gasteiger partial charge on any atom is -0.359 e. The van der Waals surface area contributed by atoms with Crippen LogP contribution >= 0.6 is 11.5 Å². The first-order valence-corrected chi connectivity index (χ1v) is 8.22. The van der Waals surface area contributed by atoms with Crippen LogP contribution in [0.25, 0.3) is 0 Å². The predicted octanol–water partition coefficient (Wildman–Crippen LogP) is 1.19. The van der Waals surface area contributed by atoms with Crippen LogP contribution < -0.4 is 10.0 Å². The van der Waals surface area contributed by atoms with Gasteiger partial charge < -0.3 is 5.32 Å². The van der Waals surface area contributed by atoms with Gasteiger partial charge in [0.05, 0.1) is 5.75 Å². The van der Waals surface area contributed by atoms with Gasteiger partial charge in [0.15, 0.2) is 0 Å². The summed E-state index contributed by atoms with van der Waals surface area (Å²) in [5, 5.41) is 3.64. The molecule has 0 fully saturated rings. The molecule has 0 unspecified atom stereocenters. The van der Waals surface area contributed by atoms with E-state index in [9.17, 15) is 8.42 Å². The third-order valence-electron chi connectivity index (χ3n) is 2.11. The van der Waals surface area contributed by atoms with Crippen molar-refractivity contribution < 1.29 is 8.42 Å². The molecule has 0 radical (unpaired) electrons. The fourth-order valence-electron chi connectivity index (χ4n) is 1.18. The molecular formula is C10H20N4O2S2. The fourth-order valence-corrected chi connectivity index (χ4v) is 2.92. The molecule has 0 aliphatic carbocycles. The third kappa shape index (κ3) is 4.87. The lowest BCUT2D eigenvalue weighted by Gasteiger charge is -2.12. The minimum atomic E-state index is -3.18. The lowest BCUT2D eigenvalue weighted by atomic mass is 9.96. The normalized spacial score (nSPS) is 12.7. The quantitative estimate of drug-likeness (QED) is 0.822. The predicted molar refractivity (Wildman–Crippen MR) is 74.6 cm³/mol. The van der Waals surface area contributed by atoms with Gasteiger partial charge in [0.25, 0.3) is 0 Å². The SMILES string of the molecule is CCNS(=O)(=O)CCNc1nc(C(C)(C)C)ns1. The first kappa shape index (κ1) is 15.3. The summed E-state index contributed by atoms with van der Waals surface area (Å²) >= 11 is 1.25. The Kier molecular flexibility index (Phi) is 5.06. The van der Waals surface area contributed by atoms with Crippen LogP contribution in [0.3, 0.4) is 0 Å². The summed E-state index contributed by atoms with van der Waals surface area (Å²) in [4.78, 5) is 4.33. The van der Waals surface area contributed by atoms with Crippen LogP contribution in [0.5, 0.6) is 0 Å². The minimum absolute atomic E-state index is 0.0330. The molecule has 0 bridgehead atoms. The largest absolute Gasteiger partial charge is 0.359 e. The van der Waals surface area contributed by atoms with E-state index in [1.165, 1.54) is 11.5 Å². The van der Waals surface area contributed by atoms with Crippen molar-refractivity contribution in [1.29, 1.82) is 0 Å². The van der Waals surface area contributed by atoms with E-state index in [1.807, 2.05) is 20.8 Å². The van der Waals surface area contributed by atoms with Gasteiger partial charge in [-0.2, -0.15) is 4.37 Å². The zero-order valence-electron chi connectivity index (χ0n) is 11.1. The van der Waals surface area contributed by atoms with Crippen LogP contribution in [-0.4, -0.2) is 36.6 Å². The average molecular weight is 292 g/mol. The molecule has 1 aromatic rings. The van der Waals surface area contributed by atoms with Gasteiger partial charge in [-0.15, -0.1) is 0 Å². The molecule has 0 saturated heterocycles. The molecule has 0 amide bonds. The maximum Gasteiger partial charge on any atom is 0.213 e. The van der Waals surface area contributed by atoms with Crippen LogP contribution in [0.4, 0.5) is 5.13 Å². The number of aromatic nitrogens is 2. The van der Waals surface area contributed by atoms with E-state index in [-0.39, 0.29) is 11.2 Å². The maximum absolute atomic E-state index is 11.4. The Balaban J connectivity index is 2.48. The van der Waals surface area contributed by atoms with Crippen molar-refractivity contribution in [3.63, 3.8) is 0 Å². The molecule has 1 heterocycles. The number of nitrogens with zero attached hydrogens (tertiary/aromatic N) is 2. The Morgan fingerprint density at radius 3 is 2.50 bits per heavy atom. The second-order valence-electron chi connectivity index (χ2n) is 4.92. The van der Waals surface area contributed by atoms with Crippen LogP contribution in [0.15, 0.2) is 0 Å². The average Bonchev–Trinajstić information content (AvgIpc) is 2.65. The number of hydrogen-bond donors (Lipinski definition) is 2. The topological polar surface area (TPSA) is 84.0 Å². The Morgan fingerprint density at radius 2 is 2.00 bits per heavy atom. The van der Waals surface area contributed by atoms with Gasteiger partial charge in [-0.1, -0.05) is 27.7 Å². The molecule has 104 valence electrons. The standard InChI is InChI=1S/C10H20N4O2S2/c1-5-12-18(15,16)7-6-11-9-13-8(14-17-9)10(2,3)4/h12H,5-7H2,1-4H3,(H,11,13,14). The first-order chi connectivity index (χ1) is 8.24. The molecule has 0 aliphatic heterocycles. The van der Waals surface area contributed by atoms with E-state index in [0.29, 0.717) is 18.2 Å². The van der Waals surface area contributed by atoms with E-state index in [4.69, 9.17) is 0 Å². The van der Waals surface area contributed by atoms with E-state index in [2.05, 4.69) is 19.4 Å². The summed E-state index contributed by atoms with van der Waals surface area (Å²) in [6, 6.07) is 0. The van der Waals surface area contributed by atoms with Gasteiger partial charge in [-0.3, -0.25) is 0 Å². The Bertz CT molecular complexity index is 476. The van der Waals surface area contributed by atoms with Crippen molar-refractivity contribution in [3.05, 3.63) is 5.82 Å². The second kappa shape index (κ2) is 5.94. The van der Waals surface area contributed by atoms with Crippen molar-refractivity contribution >= 4 is 26.7 Å². The van der Waals surface area contributed by atoms with E-state index >= 15 is 0 Å². The highest BCUT2D eigenvalue weighted by Gasteiger charge is 2.19. The van der Waals surface area contributed by atoms with Gasteiger partial charge >= 0.3 is 0 Å². The Hall–Kier alpha value is -0.730. The summed E-state index contributed by atoms with van der Waals surface area (Å²) in [6.07, 6.45) is 0. The molecular weight excluding hydrogens is 272 g/mol. The van der Waals surface area contributed by atoms with Crippen molar-refractivity contribution in [1.82, 2.24) is 14.1 Å². The van der Waals surface area contributed by atoms with Crippen LogP contribution in [0.2, 0.25) is 0 Å². The summed E-state index contributed by atoms with van der Waals surface area (Å²) < 4.78 is 29.5. The molecule has 0 atom stereocenters. The summed E-state index contributed by atoms with van der Waals surface area (Å²) in [6.45, 7) is 8.60. The molecule has 2 N–H and O–H groups in total. The molecule has 1 rings (SSSR count). The number of anilines is 1. The summed E-state index contributed by atoms with van der Waals surface area (Å²) in [5.74, 6) is 0.801. The molecule has 6 nitrogen and oxygen atoms in total. The van der Waals surface area contributed by atoms with Crippen molar-refractivity contribution in [2.45, 2.75) is 33.1 Å². The van der Waals surface area contributed by atoms with Gasteiger partial charge in [0, 0.05) is 30.0 Å². The van der Waals surface area contributed by atoms with Gasteiger partial charge in [-0.25, -0.2) is 18.1 Å². The molecule has 0 spiro atoms. The van der Waals surface area contributed by atoms with E-state index in [1.54, 1.807) is 6.92 Å². The van der Waals surface area contributed by atoms with Gasteiger partial charge in [0.1, 0.15) is 5.82 Å². The van der Waals surface area contributed by atoms with Crippen LogP contribution in [-0.2, 0) is 15.4 Å². The number of nitrogens with one attached hydrogen (secondary N) is 2. The van der Waals surface area contributed by atoms with Crippen LogP contribution in [0, 0.1) is 0 Å². The van der Waals surface area contributed by atoms with E-state index < -0.39 is 10.0 Å². The van der Waals surface area contributed by atoms with Gasteiger partial charge in [0.2, 0.25) is 15.2 Å². The smallest absolute Gasteiger partial charge is 0.213 e. The Labute approximate surface area is 112 Å². The molecule has 18 heavy (non-hydrogen) atoms. The lowest BCUT2D eigenvalue weighted by molar-refractivity contribution is 0.555. The highest BCUT2D eigenvalue weighted by Crippen LogP contribution is 2.22. The van der Waals surface area contributed by atoms with Crippen LogP contribution in [0.1, 0.15) is 33.5 Å².